The Morgan fingerprint density at radius 3 is 3.00 bits per heavy atom. The van der Waals surface area contributed by atoms with E-state index in [2.05, 4.69) is 20.4 Å². The number of hydrogen-bond acceptors (Lipinski definition) is 6. The molecule has 6 heteroatoms. The number of rotatable bonds is 5. The topological polar surface area (TPSA) is 63.4 Å². The normalized spacial score (nSPS) is 17.8. The minimum Gasteiger partial charge on any atom is -0.384 e. The van der Waals surface area contributed by atoms with Crippen molar-refractivity contribution in [3.05, 3.63) is 11.7 Å². The molecule has 16 heavy (non-hydrogen) atoms. The van der Waals surface area contributed by atoms with Gasteiger partial charge in [-0.2, -0.15) is 4.98 Å². The van der Waals surface area contributed by atoms with Gasteiger partial charge in [0.1, 0.15) is 0 Å². The second-order valence-electron chi connectivity index (χ2n) is 3.87. The Balaban J connectivity index is 1.81. The van der Waals surface area contributed by atoms with Crippen molar-refractivity contribution in [3.63, 3.8) is 0 Å². The molecular formula is C10H18N4O2. The Hall–Kier alpha value is -0.980. The molecule has 1 N–H and O–H groups in total. The Morgan fingerprint density at radius 2 is 2.25 bits per heavy atom. The monoisotopic (exact) mass is 226 g/mol. The molecule has 0 unspecified atom stereocenters. The third-order valence-electron chi connectivity index (χ3n) is 2.61. The maximum absolute atomic E-state index is 5.19. The fourth-order valence-electron chi connectivity index (χ4n) is 1.71. The minimum absolute atomic E-state index is 0.632. The molecule has 6 nitrogen and oxygen atoms in total. The summed E-state index contributed by atoms with van der Waals surface area (Å²) in [6, 6.07) is 0. The highest BCUT2D eigenvalue weighted by Gasteiger charge is 2.13. The van der Waals surface area contributed by atoms with Crippen molar-refractivity contribution in [1.82, 2.24) is 20.4 Å². The predicted octanol–water partition coefficient (Wildman–Crippen LogP) is -0.336. The second-order valence-corrected chi connectivity index (χ2v) is 3.87. The Bertz CT molecular complexity index is 310. The van der Waals surface area contributed by atoms with Crippen molar-refractivity contribution in [2.45, 2.75) is 13.0 Å². The summed E-state index contributed by atoms with van der Waals surface area (Å²) in [6.45, 7) is 5.52. The molecule has 0 saturated carbocycles. The van der Waals surface area contributed by atoms with E-state index in [4.69, 9.17) is 9.26 Å². The number of nitrogens with zero attached hydrogens (tertiary/aromatic N) is 3. The number of aromatic nitrogens is 2. The van der Waals surface area contributed by atoms with Gasteiger partial charge < -0.3 is 14.6 Å². The molecule has 0 spiro atoms. The molecule has 0 amide bonds. The van der Waals surface area contributed by atoms with Crippen molar-refractivity contribution in [2.24, 2.45) is 0 Å². The third-order valence-corrected chi connectivity index (χ3v) is 2.61. The SMILES string of the molecule is COCCc1noc(CN2CCNCC2)n1. The summed E-state index contributed by atoms with van der Waals surface area (Å²) in [5.74, 6) is 1.43. The number of methoxy groups -OCH3 is 1. The van der Waals surface area contributed by atoms with Crippen LogP contribution in [0.3, 0.4) is 0 Å². The van der Waals surface area contributed by atoms with E-state index in [1.54, 1.807) is 7.11 Å². The summed E-state index contributed by atoms with van der Waals surface area (Å²) in [5, 5.41) is 7.22. The molecule has 2 rings (SSSR count). The lowest BCUT2D eigenvalue weighted by molar-refractivity contribution is 0.198. The van der Waals surface area contributed by atoms with E-state index in [0.29, 0.717) is 18.9 Å². The zero-order chi connectivity index (χ0) is 11.2. The van der Waals surface area contributed by atoms with Gasteiger partial charge in [-0.1, -0.05) is 5.16 Å². The standard InChI is InChI=1S/C10H18N4O2/c1-15-7-2-9-12-10(16-13-9)8-14-5-3-11-4-6-14/h11H,2-8H2,1H3. The molecule has 0 aromatic carbocycles. The van der Waals surface area contributed by atoms with E-state index in [1.165, 1.54) is 0 Å². The fraction of sp³-hybridized carbons (Fsp3) is 0.800. The van der Waals surface area contributed by atoms with Crippen LogP contribution in [0.25, 0.3) is 0 Å². The van der Waals surface area contributed by atoms with Crippen LogP contribution in [0, 0.1) is 0 Å². The fourth-order valence-corrected chi connectivity index (χ4v) is 1.71. The van der Waals surface area contributed by atoms with E-state index in [1.807, 2.05) is 0 Å². The highest BCUT2D eigenvalue weighted by Crippen LogP contribution is 2.04. The first-order valence-corrected chi connectivity index (χ1v) is 5.62. The smallest absolute Gasteiger partial charge is 0.240 e. The second kappa shape index (κ2) is 5.93. The average Bonchev–Trinajstić information content (AvgIpc) is 2.75. The molecule has 2 heterocycles. The Kier molecular flexibility index (Phi) is 4.26. The lowest BCUT2D eigenvalue weighted by Gasteiger charge is -2.25. The van der Waals surface area contributed by atoms with E-state index < -0.39 is 0 Å². The number of nitrogens with one attached hydrogen (secondary N) is 1. The van der Waals surface area contributed by atoms with Crippen molar-refractivity contribution in [2.75, 3.05) is 39.9 Å². The molecule has 1 aliphatic rings. The van der Waals surface area contributed by atoms with E-state index in [-0.39, 0.29) is 0 Å². The lowest BCUT2D eigenvalue weighted by Crippen LogP contribution is -2.42. The molecule has 0 bridgehead atoms. The van der Waals surface area contributed by atoms with Crippen LogP contribution in [-0.2, 0) is 17.7 Å². The van der Waals surface area contributed by atoms with Gasteiger partial charge in [0.15, 0.2) is 5.82 Å². The largest absolute Gasteiger partial charge is 0.384 e. The third kappa shape index (κ3) is 3.26. The van der Waals surface area contributed by atoms with Crippen molar-refractivity contribution in [1.29, 1.82) is 0 Å². The highest BCUT2D eigenvalue weighted by atomic mass is 16.5. The summed E-state index contributed by atoms with van der Waals surface area (Å²) in [5.41, 5.74) is 0. The zero-order valence-electron chi connectivity index (χ0n) is 9.61. The maximum Gasteiger partial charge on any atom is 0.240 e. The molecular weight excluding hydrogens is 208 g/mol. The molecule has 0 radical (unpaired) electrons. The molecule has 1 fully saturated rings. The maximum atomic E-state index is 5.19. The van der Waals surface area contributed by atoms with E-state index >= 15 is 0 Å². The van der Waals surface area contributed by atoms with Crippen molar-refractivity contribution >= 4 is 0 Å². The van der Waals surface area contributed by atoms with Gasteiger partial charge >= 0.3 is 0 Å². The van der Waals surface area contributed by atoms with Crippen LogP contribution in [-0.4, -0.2) is 54.9 Å². The van der Waals surface area contributed by atoms with Crippen LogP contribution in [0.5, 0.6) is 0 Å². The predicted molar refractivity (Wildman–Crippen MR) is 58.0 cm³/mol. The molecule has 1 aliphatic heterocycles. The van der Waals surface area contributed by atoms with Gasteiger partial charge in [-0.15, -0.1) is 0 Å². The van der Waals surface area contributed by atoms with Gasteiger partial charge in [0.25, 0.3) is 0 Å². The van der Waals surface area contributed by atoms with E-state index in [9.17, 15) is 0 Å². The number of ether oxygens (including phenoxy) is 1. The minimum atomic E-state index is 0.632. The molecule has 0 atom stereocenters. The number of piperazine rings is 1. The van der Waals surface area contributed by atoms with Gasteiger partial charge in [0.2, 0.25) is 5.89 Å². The zero-order valence-corrected chi connectivity index (χ0v) is 9.61. The quantitative estimate of drug-likeness (QED) is 0.741. The lowest BCUT2D eigenvalue weighted by atomic mass is 10.3. The molecule has 1 saturated heterocycles. The first kappa shape index (κ1) is 11.5. The first-order valence-electron chi connectivity index (χ1n) is 5.62. The summed E-state index contributed by atoms with van der Waals surface area (Å²) < 4.78 is 10.2. The van der Waals surface area contributed by atoms with Crippen LogP contribution in [0.2, 0.25) is 0 Å². The van der Waals surface area contributed by atoms with Gasteiger partial charge in [0, 0.05) is 39.7 Å². The van der Waals surface area contributed by atoms with Crippen LogP contribution < -0.4 is 5.32 Å². The van der Waals surface area contributed by atoms with E-state index in [0.717, 1.165) is 38.5 Å². The first-order chi connectivity index (χ1) is 7.88. The van der Waals surface area contributed by atoms with Crippen LogP contribution in [0.15, 0.2) is 4.52 Å². The van der Waals surface area contributed by atoms with Gasteiger partial charge in [-0.05, 0) is 0 Å². The van der Waals surface area contributed by atoms with Crippen molar-refractivity contribution < 1.29 is 9.26 Å². The van der Waals surface area contributed by atoms with Crippen LogP contribution >= 0.6 is 0 Å². The van der Waals surface area contributed by atoms with Crippen LogP contribution in [0.1, 0.15) is 11.7 Å². The van der Waals surface area contributed by atoms with Gasteiger partial charge in [0.05, 0.1) is 13.2 Å². The van der Waals surface area contributed by atoms with Gasteiger partial charge in [-0.25, -0.2) is 0 Å². The average molecular weight is 226 g/mol. The van der Waals surface area contributed by atoms with Crippen molar-refractivity contribution in [3.8, 4) is 0 Å². The summed E-state index contributed by atoms with van der Waals surface area (Å²) >= 11 is 0. The number of hydrogen-bond donors (Lipinski definition) is 1. The summed E-state index contributed by atoms with van der Waals surface area (Å²) in [4.78, 5) is 6.63. The molecule has 1 aromatic heterocycles. The molecule has 1 aromatic rings. The Morgan fingerprint density at radius 1 is 1.44 bits per heavy atom. The van der Waals surface area contributed by atoms with Gasteiger partial charge in [-0.3, -0.25) is 4.90 Å². The Labute approximate surface area is 95.0 Å². The summed E-state index contributed by atoms with van der Waals surface area (Å²) in [6.07, 6.45) is 0.710. The highest BCUT2D eigenvalue weighted by molar-refractivity contribution is 4.87. The molecule has 0 aliphatic carbocycles. The van der Waals surface area contributed by atoms with Crippen LogP contribution in [0.4, 0.5) is 0 Å². The molecule has 90 valence electrons. The summed E-state index contributed by atoms with van der Waals surface area (Å²) in [7, 11) is 1.67.